The van der Waals surface area contributed by atoms with Crippen molar-refractivity contribution in [2.75, 3.05) is 20.8 Å². The summed E-state index contributed by atoms with van der Waals surface area (Å²) in [6, 6.07) is 1.81. The van der Waals surface area contributed by atoms with Crippen LogP contribution in [0, 0.1) is 16.7 Å². The summed E-state index contributed by atoms with van der Waals surface area (Å²) >= 11 is 0. The lowest BCUT2D eigenvalue weighted by Gasteiger charge is -2.42. The first-order chi connectivity index (χ1) is 8.88. The van der Waals surface area contributed by atoms with Gasteiger partial charge in [-0.25, -0.2) is 0 Å². The van der Waals surface area contributed by atoms with Crippen molar-refractivity contribution < 1.29 is 24.1 Å². The van der Waals surface area contributed by atoms with E-state index in [0.29, 0.717) is 13.0 Å². The average molecular weight is 271 g/mol. The molecule has 0 aromatic rings. The van der Waals surface area contributed by atoms with Crippen LogP contribution in [0.25, 0.3) is 0 Å². The van der Waals surface area contributed by atoms with E-state index in [0.717, 1.165) is 0 Å². The maximum atomic E-state index is 12.1. The number of nitriles is 1. The second kappa shape index (κ2) is 6.44. The molecule has 0 aromatic heterocycles. The quantitative estimate of drug-likeness (QED) is 0.773. The highest BCUT2D eigenvalue weighted by Crippen LogP contribution is 2.36. The van der Waals surface area contributed by atoms with E-state index < -0.39 is 23.7 Å². The molecule has 1 rings (SSSR count). The van der Waals surface area contributed by atoms with E-state index in [1.807, 2.05) is 6.07 Å². The normalized spacial score (nSPS) is 31.8. The summed E-state index contributed by atoms with van der Waals surface area (Å²) in [5, 5.41) is 18.7. The Kier molecular flexibility index (Phi) is 5.44. The standard InChI is InChI=1S/C13H21NO5/c1-13(2)10(5-8(18-4)7-17-3)19-9(6-14)11(15)12(13)16/h8-11,15H,5,7H2,1-4H3/t8-,9-,10-,11+/m1/s1. The van der Waals surface area contributed by atoms with E-state index in [1.54, 1.807) is 28.1 Å². The van der Waals surface area contributed by atoms with E-state index in [9.17, 15) is 9.90 Å². The molecule has 1 fully saturated rings. The average Bonchev–Trinajstić information content (AvgIpc) is 2.38. The largest absolute Gasteiger partial charge is 0.382 e. The van der Waals surface area contributed by atoms with Gasteiger partial charge >= 0.3 is 0 Å². The SMILES string of the molecule is COC[C@@H](C[C@H]1O[C@H](C#N)[C@H](O)C(=O)C1(C)C)OC. The summed E-state index contributed by atoms with van der Waals surface area (Å²) in [6.07, 6.45) is -2.80. The molecule has 1 aliphatic heterocycles. The predicted molar refractivity (Wildman–Crippen MR) is 66.4 cm³/mol. The molecule has 6 nitrogen and oxygen atoms in total. The van der Waals surface area contributed by atoms with Gasteiger partial charge in [0.15, 0.2) is 18.0 Å². The Bertz CT molecular complexity index is 363. The Labute approximate surface area is 113 Å². The maximum Gasteiger partial charge on any atom is 0.177 e. The van der Waals surface area contributed by atoms with Crippen molar-refractivity contribution in [1.29, 1.82) is 5.26 Å². The zero-order valence-corrected chi connectivity index (χ0v) is 11.8. The van der Waals surface area contributed by atoms with Crippen molar-refractivity contribution in [3.63, 3.8) is 0 Å². The highest BCUT2D eigenvalue weighted by molar-refractivity contribution is 5.90. The zero-order chi connectivity index (χ0) is 14.6. The fourth-order valence-corrected chi connectivity index (χ4v) is 2.21. The Morgan fingerprint density at radius 3 is 2.63 bits per heavy atom. The first-order valence-corrected chi connectivity index (χ1v) is 6.17. The summed E-state index contributed by atoms with van der Waals surface area (Å²) < 4.78 is 15.8. The topological polar surface area (TPSA) is 88.8 Å². The smallest absolute Gasteiger partial charge is 0.177 e. The third-order valence-corrected chi connectivity index (χ3v) is 3.60. The molecule has 0 saturated carbocycles. The summed E-state index contributed by atoms with van der Waals surface area (Å²) in [7, 11) is 3.11. The number of rotatable bonds is 5. The van der Waals surface area contributed by atoms with Crippen LogP contribution in [0.5, 0.6) is 0 Å². The van der Waals surface area contributed by atoms with Crippen LogP contribution < -0.4 is 0 Å². The number of carbonyl (C=O) groups is 1. The first kappa shape index (κ1) is 16.1. The second-order valence-electron chi connectivity index (χ2n) is 5.25. The minimum absolute atomic E-state index is 0.225. The lowest BCUT2D eigenvalue weighted by molar-refractivity contribution is -0.181. The van der Waals surface area contributed by atoms with Crippen LogP contribution in [0.15, 0.2) is 0 Å². The molecule has 1 saturated heterocycles. The Morgan fingerprint density at radius 2 is 2.16 bits per heavy atom. The lowest BCUT2D eigenvalue weighted by atomic mass is 9.74. The minimum atomic E-state index is -1.39. The van der Waals surface area contributed by atoms with Crippen molar-refractivity contribution in [3.8, 4) is 6.07 Å². The van der Waals surface area contributed by atoms with Crippen LogP contribution in [0.1, 0.15) is 20.3 Å². The number of hydrogen-bond donors (Lipinski definition) is 1. The second-order valence-corrected chi connectivity index (χ2v) is 5.25. The Balaban J connectivity index is 2.86. The van der Waals surface area contributed by atoms with Gasteiger partial charge in [-0.15, -0.1) is 0 Å². The summed E-state index contributed by atoms with van der Waals surface area (Å²) in [5.74, 6) is -0.373. The highest BCUT2D eigenvalue weighted by Gasteiger charge is 2.50. The van der Waals surface area contributed by atoms with Gasteiger partial charge in [0.25, 0.3) is 0 Å². The van der Waals surface area contributed by atoms with Gasteiger partial charge in [0.2, 0.25) is 0 Å². The molecule has 0 aromatic carbocycles. The van der Waals surface area contributed by atoms with E-state index >= 15 is 0 Å². The van der Waals surface area contributed by atoms with Crippen molar-refractivity contribution in [2.24, 2.45) is 5.41 Å². The molecule has 0 radical (unpaired) electrons. The van der Waals surface area contributed by atoms with Crippen molar-refractivity contribution in [1.82, 2.24) is 0 Å². The van der Waals surface area contributed by atoms with Gasteiger partial charge in [0.1, 0.15) is 0 Å². The number of nitrogens with zero attached hydrogens (tertiary/aromatic N) is 1. The summed E-state index contributed by atoms with van der Waals surface area (Å²) in [5.41, 5.74) is -0.864. The number of aliphatic hydroxyl groups is 1. The van der Waals surface area contributed by atoms with E-state index in [2.05, 4.69) is 0 Å². The van der Waals surface area contributed by atoms with E-state index in [4.69, 9.17) is 19.5 Å². The summed E-state index contributed by atoms with van der Waals surface area (Å²) in [4.78, 5) is 12.1. The van der Waals surface area contributed by atoms with Gasteiger partial charge in [-0.05, 0) is 0 Å². The minimum Gasteiger partial charge on any atom is -0.382 e. The molecule has 1 aliphatic rings. The molecule has 0 unspecified atom stereocenters. The van der Waals surface area contributed by atoms with Crippen LogP contribution in [-0.2, 0) is 19.0 Å². The molecule has 108 valence electrons. The molecule has 0 bridgehead atoms. The van der Waals surface area contributed by atoms with Gasteiger partial charge in [0.05, 0.1) is 30.3 Å². The molecule has 19 heavy (non-hydrogen) atoms. The Morgan fingerprint density at radius 1 is 1.53 bits per heavy atom. The number of methoxy groups -OCH3 is 2. The Hall–Kier alpha value is -1.00. The highest BCUT2D eigenvalue weighted by atomic mass is 16.5. The number of aliphatic hydroxyl groups excluding tert-OH is 1. The molecular weight excluding hydrogens is 250 g/mol. The van der Waals surface area contributed by atoms with Crippen molar-refractivity contribution in [3.05, 3.63) is 0 Å². The molecule has 6 heteroatoms. The van der Waals surface area contributed by atoms with Crippen LogP contribution in [0.4, 0.5) is 0 Å². The fraction of sp³-hybridized carbons (Fsp3) is 0.846. The van der Waals surface area contributed by atoms with Crippen LogP contribution in [0.3, 0.4) is 0 Å². The van der Waals surface area contributed by atoms with Gasteiger partial charge in [-0.3, -0.25) is 4.79 Å². The number of ether oxygens (including phenoxy) is 3. The number of carbonyl (C=O) groups excluding carboxylic acids is 1. The lowest BCUT2D eigenvalue weighted by Crippen LogP contribution is -2.56. The van der Waals surface area contributed by atoms with E-state index in [1.165, 1.54) is 0 Å². The maximum absolute atomic E-state index is 12.1. The van der Waals surface area contributed by atoms with Gasteiger partial charge in [-0.2, -0.15) is 5.26 Å². The van der Waals surface area contributed by atoms with Crippen LogP contribution in [0.2, 0.25) is 0 Å². The van der Waals surface area contributed by atoms with Gasteiger partial charge < -0.3 is 19.3 Å². The van der Waals surface area contributed by atoms with Crippen LogP contribution in [-0.4, -0.2) is 56.1 Å². The monoisotopic (exact) mass is 271 g/mol. The van der Waals surface area contributed by atoms with Crippen molar-refractivity contribution >= 4 is 5.78 Å². The molecule has 1 N–H and O–H groups in total. The predicted octanol–water partition coefficient (Wildman–Crippen LogP) is 0.285. The van der Waals surface area contributed by atoms with Gasteiger partial charge in [-0.1, -0.05) is 13.8 Å². The first-order valence-electron chi connectivity index (χ1n) is 6.17. The number of ketones is 1. The fourth-order valence-electron chi connectivity index (χ4n) is 2.21. The van der Waals surface area contributed by atoms with Gasteiger partial charge in [0, 0.05) is 20.6 Å². The molecule has 4 atom stereocenters. The molecule has 0 amide bonds. The molecule has 0 spiro atoms. The van der Waals surface area contributed by atoms with Crippen LogP contribution >= 0.6 is 0 Å². The zero-order valence-electron chi connectivity index (χ0n) is 11.8. The molecule has 0 aliphatic carbocycles. The number of hydrogen-bond acceptors (Lipinski definition) is 6. The summed E-state index contributed by atoms with van der Waals surface area (Å²) in [6.45, 7) is 3.78. The molecule has 1 heterocycles. The third kappa shape index (κ3) is 3.31. The number of Topliss-reactive ketones (excluding diaryl/α,β-unsaturated/α-hetero) is 1. The third-order valence-electron chi connectivity index (χ3n) is 3.60. The van der Waals surface area contributed by atoms with Crippen molar-refractivity contribution in [2.45, 2.75) is 44.7 Å². The van der Waals surface area contributed by atoms with E-state index in [-0.39, 0.29) is 11.9 Å². The molecular formula is C13H21NO5.